The number of hydrogen-bond acceptors (Lipinski definition) is 7. The van der Waals surface area contributed by atoms with Gasteiger partial charge in [-0.3, -0.25) is 9.69 Å². The van der Waals surface area contributed by atoms with E-state index < -0.39 is 6.10 Å². The molecule has 3 aliphatic heterocycles. The number of fused-ring (bicyclic) bond motifs is 1. The van der Waals surface area contributed by atoms with Crippen LogP contribution in [0, 0.1) is 11.3 Å². The van der Waals surface area contributed by atoms with Crippen molar-refractivity contribution in [3.8, 4) is 0 Å². The van der Waals surface area contributed by atoms with Crippen LogP contribution in [0.15, 0.2) is 24.4 Å². The maximum atomic E-state index is 12.9. The van der Waals surface area contributed by atoms with E-state index in [2.05, 4.69) is 33.1 Å². The fourth-order valence-corrected chi connectivity index (χ4v) is 6.87. The Kier molecular flexibility index (Phi) is 6.37. The van der Waals surface area contributed by atoms with E-state index in [4.69, 9.17) is 21.1 Å². The largest absolute Gasteiger partial charge is 0.389 e. The second-order valence-corrected chi connectivity index (χ2v) is 11.3. The van der Waals surface area contributed by atoms with Crippen LogP contribution in [0.3, 0.4) is 0 Å². The molecule has 1 saturated carbocycles. The monoisotopic (exact) mass is 514 g/mol. The number of nitrogens with one attached hydrogen (secondary N) is 1. The lowest BCUT2D eigenvalue weighted by Gasteiger charge is -2.47. The number of aromatic nitrogens is 1. The van der Waals surface area contributed by atoms with Crippen molar-refractivity contribution in [1.82, 2.24) is 9.88 Å². The van der Waals surface area contributed by atoms with Gasteiger partial charge >= 0.3 is 0 Å². The summed E-state index contributed by atoms with van der Waals surface area (Å²) in [7, 11) is 0. The van der Waals surface area contributed by atoms with Gasteiger partial charge in [0, 0.05) is 56.9 Å². The van der Waals surface area contributed by atoms with Crippen molar-refractivity contribution in [3.63, 3.8) is 0 Å². The quantitative estimate of drug-likeness (QED) is 0.633. The number of halogens is 1. The first-order chi connectivity index (χ1) is 17.4. The van der Waals surface area contributed by atoms with Gasteiger partial charge in [-0.1, -0.05) is 18.5 Å². The van der Waals surface area contributed by atoms with E-state index in [9.17, 15) is 9.90 Å². The summed E-state index contributed by atoms with van der Waals surface area (Å²) in [4.78, 5) is 22.1. The van der Waals surface area contributed by atoms with E-state index in [-0.39, 0.29) is 22.8 Å². The number of piperazine rings is 1. The summed E-state index contributed by atoms with van der Waals surface area (Å²) in [6.07, 6.45) is 5.08. The molecule has 8 nitrogen and oxygen atoms in total. The van der Waals surface area contributed by atoms with Gasteiger partial charge in [0.15, 0.2) is 0 Å². The van der Waals surface area contributed by atoms with Crippen LogP contribution in [0.5, 0.6) is 0 Å². The van der Waals surface area contributed by atoms with E-state index in [1.54, 1.807) is 6.20 Å². The van der Waals surface area contributed by atoms with Crippen molar-refractivity contribution in [2.75, 3.05) is 62.8 Å². The van der Waals surface area contributed by atoms with Crippen molar-refractivity contribution < 1.29 is 19.4 Å². The molecule has 2 N–H and O–H groups in total. The maximum Gasteiger partial charge on any atom is 0.229 e. The summed E-state index contributed by atoms with van der Waals surface area (Å²) in [5, 5.41) is 16.3. The maximum absolute atomic E-state index is 12.9. The Bertz CT molecular complexity index is 1150. The molecule has 0 unspecified atom stereocenters. The number of amides is 1. The van der Waals surface area contributed by atoms with Crippen LogP contribution < -0.4 is 10.2 Å². The third-order valence-electron chi connectivity index (χ3n) is 9.14. The molecule has 0 radical (unpaired) electrons. The molecule has 9 heteroatoms. The predicted octanol–water partition coefficient (Wildman–Crippen LogP) is 3.31. The van der Waals surface area contributed by atoms with Crippen LogP contribution in [0.1, 0.15) is 32.6 Å². The number of ether oxygens (including phenoxy) is 2. The molecule has 6 rings (SSSR count). The van der Waals surface area contributed by atoms with Gasteiger partial charge in [-0.05, 0) is 54.7 Å². The van der Waals surface area contributed by atoms with Crippen LogP contribution in [0.4, 0.5) is 11.5 Å². The molecular weight excluding hydrogens is 480 g/mol. The lowest BCUT2D eigenvalue weighted by atomic mass is 9.89. The molecule has 4 aliphatic rings. The highest BCUT2D eigenvalue weighted by Gasteiger charge is 2.58. The number of aliphatic hydroxyl groups excluding tert-OH is 1. The lowest BCUT2D eigenvalue weighted by Crippen LogP contribution is -2.62. The second-order valence-electron chi connectivity index (χ2n) is 10.9. The van der Waals surface area contributed by atoms with Crippen LogP contribution in [-0.4, -0.2) is 85.1 Å². The number of nitrogens with zero attached hydrogens (tertiary/aromatic N) is 3. The number of carbonyl (C=O) groups is 1. The smallest absolute Gasteiger partial charge is 0.229 e. The molecule has 1 spiro atoms. The Morgan fingerprint density at radius 2 is 1.94 bits per heavy atom. The van der Waals surface area contributed by atoms with E-state index in [0.29, 0.717) is 24.1 Å². The van der Waals surface area contributed by atoms with Gasteiger partial charge in [-0.15, -0.1) is 0 Å². The van der Waals surface area contributed by atoms with Gasteiger partial charge in [0.05, 0.1) is 35.6 Å². The fraction of sp³-hybridized carbons (Fsp3) is 0.630. The standard InChI is InChI=1S/C27H35ClN4O4/c1-2-27(17-36-16-23(27)33)32-7-5-31(6-8-32)22-12-18-13-24(29-15-19(18)11-21(22)28)30-25(34)20-14-26(20)3-9-35-10-4-26/h11-13,15,20,23,33H,2-10,14,16-17H2,1H3,(H,29,30,34)/t20-,23+,27-/m1/s1. The van der Waals surface area contributed by atoms with Gasteiger partial charge in [0.25, 0.3) is 0 Å². The molecule has 1 amide bonds. The lowest BCUT2D eigenvalue weighted by molar-refractivity contribution is -0.118. The Hall–Kier alpha value is -1.97. The van der Waals surface area contributed by atoms with E-state index >= 15 is 0 Å². The molecule has 0 bridgehead atoms. The van der Waals surface area contributed by atoms with Gasteiger partial charge < -0.3 is 24.8 Å². The van der Waals surface area contributed by atoms with Gasteiger partial charge in [-0.25, -0.2) is 4.98 Å². The van der Waals surface area contributed by atoms with Crippen molar-refractivity contribution in [3.05, 3.63) is 29.4 Å². The Morgan fingerprint density at radius 1 is 1.17 bits per heavy atom. The fourth-order valence-electron chi connectivity index (χ4n) is 6.58. The van der Waals surface area contributed by atoms with Gasteiger partial charge in [0.1, 0.15) is 5.82 Å². The van der Waals surface area contributed by atoms with Gasteiger partial charge in [-0.2, -0.15) is 0 Å². The number of pyridine rings is 1. The van der Waals surface area contributed by atoms with E-state index in [0.717, 1.165) is 81.5 Å². The average molecular weight is 515 g/mol. The van der Waals surface area contributed by atoms with Crippen LogP contribution >= 0.6 is 11.6 Å². The number of carbonyl (C=O) groups excluding carboxylic acids is 1. The average Bonchev–Trinajstić information content (AvgIpc) is 3.45. The van der Waals surface area contributed by atoms with Crippen molar-refractivity contribution in [1.29, 1.82) is 0 Å². The third-order valence-corrected chi connectivity index (χ3v) is 9.45. The summed E-state index contributed by atoms with van der Waals surface area (Å²) in [6.45, 7) is 7.95. The van der Waals surface area contributed by atoms with Crippen molar-refractivity contribution in [2.45, 2.75) is 44.2 Å². The topological polar surface area (TPSA) is 87.2 Å². The number of hydrogen-bond donors (Lipinski definition) is 2. The minimum Gasteiger partial charge on any atom is -0.389 e. The molecule has 3 atom stereocenters. The van der Waals surface area contributed by atoms with Crippen LogP contribution in [0.25, 0.3) is 10.8 Å². The minimum absolute atomic E-state index is 0.0613. The van der Waals surface area contributed by atoms with Crippen molar-refractivity contribution in [2.24, 2.45) is 11.3 Å². The van der Waals surface area contributed by atoms with Crippen LogP contribution in [0.2, 0.25) is 5.02 Å². The third kappa shape index (κ3) is 4.17. The molecule has 4 heterocycles. The molecular formula is C27H35ClN4O4. The summed E-state index contributed by atoms with van der Waals surface area (Å²) in [5.41, 5.74) is 0.839. The second kappa shape index (κ2) is 9.40. The molecule has 4 fully saturated rings. The normalized spacial score (nSPS) is 30.1. The minimum atomic E-state index is -0.448. The summed E-state index contributed by atoms with van der Waals surface area (Å²) in [5.74, 6) is 0.711. The molecule has 1 aromatic heterocycles. The molecule has 1 aliphatic carbocycles. The molecule has 2 aromatic rings. The molecule has 3 saturated heterocycles. The zero-order chi connectivity index (χ0) is 24.9. The first-order valence-corrected chi connectivity index (χ1v) is 13.6. The Balaban J connectivity index is 1.16. The summed E-state index contributed by atoms with van der Waals surface area (Å²) >= 11 is 6.71. The molecule has 1 aromatic carbocycles. The SMILES string of the molecule is CC[C@@]1(N2CCN(c3cc4cc(NC(=O)[C@H]5CC56CCOCC6)ncc4cc3Cl)CC2)COC[C@@H]1O. The highest BCUT2D eigenvalue weighted by molar-refractivity contribution is 6.34. The van der Waals surface area contributed by atoms with E-state index in [1.165, 1.54) is 0 Å². The van der Waals surface area contributed by atoms with E-state index in [1.807, 2.05) is 12.1 Å². The number of aliphatic hydroxyl groups is 1. The predicted molar refractivity (Wildman–Crippen MR) is 140 cm³/mol. The summed E-state index contributed by atoms with van der Waals surface area (Å²) < 4.78 is 11.1. The Labute approximate surface area is 216 Å². The molecule has 36 heavy (non-hydrogen) atoms. The van der Waals surface area contributed by atoms with Crippen LogP contribution in [-0.2, 0) is 14.3 Å². The number of rotatable bonds is 5. The molecule has 194 valence electrons. The Morgan fingerprint density at radius 3 is 2.64 bits per heavy atom. The van der Waals surface area contributed by atoms with Gasteiger partial charge in [0.2, 0.25) is 5.91 Å². The zero-order valence-corrected chi connectivity index (χ0v) is 21.6. The zero-order valence-electron chi connectivity index (χ0n) is 20.8. The first kappa shape index (κ1) is 24.4. The summed E-state index contributed by atoms with van der Waals surface area (Å²) in [6, 6.07) is 6.00. The number of benzene rings is 1. The highest BCUT2D eigenvalue weighted by atomic mass is 35.5. The highest BCUT2D eigenvalue weighted by Crippen LogP contribution is 2.59. The first-order valence-electron chi connectivity index (χ1n) is 13.2. The van der Waals surface area contributed by atoms with Crippen molar-refractivity contribution >= 4 is 39.8 Å². The number of anilines is 2.